The third-order valence-corrected chi connectivity index (χ3v) is 5.66. The predicted molar refractivity (Wildman–Crippen MR) is 114 cm³/mol. The van der Waals surface area contributed by atoms with Crippen LogP contribution in [0.25, 0.3) is 5.69 Å². The second-order valence-corrected chi connectivity index (χ2v) is 7.47. The molecule has 0 aliphatic carbocycles. The monoisotopic (exact) mass is 403 g/mol. The first-order chi connectivity index (χ1) is 14.5. The first-order valence-electron chi connectivity index (χ1n) is 9.87. The Hall–Kier alpha value is -3.61. The summed E-state index contributed by atoms with van der Waals surface area (Å²) in [6, 6.07) is 13.7. The van der Waals surface area contributed by atoms with Crippen LogP contribution in [-0.2, 0) is 6.54 Å². The predicted octanol–water partition coefficient (Wildman–Crippen LogP) is 4.16. The van der Waals surface area contributed by atoms with Crippen molar-refractivity contribution in [1.82, 2.24) is 24.2 Å². The van der Waals surface area contributed by atoms with E-state index in [1.807, 2.05) is 70.3 Å². The van der Waals surface area contributed by atoms with Crippen LogP contribution in [0.3, 0.4) is 0 Å². The van der Waals surface area contributed by atoms with Gasteiger partial charge in [0, 0.05) is 18.4 Å². The molecule has 1 amide bonds. The molecule has 0 aliphatic rings. The van der Waals surface area contributed by atoms with E-state index in [0.717, 1.165) is 28.4 Å². The van der Waals surface area contributed by atoms with Gasteiger partial charge in [0.2, 0.25) is 0 Å². The zero-order chi connectivity index (χ0) is 21.3. The largest absolute Gasteiger partial charge is 0.467 e. The number of carbonyl (C=O) groups is 1. The zero-order valence-corrected chi connectivity index (χ0v) is 17.6. The molecule has 4 rings (SSSR count). The fraction of sp³-hybridized carbons (Fsp3) is 0.261. The van der Waals surface area contributed by atoms with E-state index in [4.69, 9.17) is 4.42 Å². The van der Waals surface area contributed by atoms with E-state index in [-0.39, 0.29) is 11.9 Å². The van der Waals surface area contributed by atoms with Crippen LogP contribution in [0.1, 0.15) is 46.0 Å². The number of nitrogens with zero attached hydrogens (tertiary/aromatic N) is 5. The number of benzene rings is 1. The molecule has 0 N–H and O–H groups in total. The lowest BCUT2D eigenvalue weighted by Crippen LogP contribution is -2.30. The van der Waals surface area contributed by atoms with Gasteiger partial charge in [0.05, 0.1) is 30.1 Å². The molecule has 7 heteroatoms. The SMILES string of the molecule is Cc1cc(C(=O)N(C)C(C)c2ccc(-n3cncn3)cc2)c(C)n1Cc1ccco1. The molecule has 0 bridgehead atoms. The molecular weight excluding hydrogens is 378 g/mol. The van der Waals surface area contributed by atoms with Crippen LogP contribution >= 0.6 is 0 Å². The van der Waals surface area contributed by atoms with Crippen LogP contribution in [0.15, 0.2) is 65.8 Å². The highest BCUT2D eigenvalue weighted by Crippen LogP contribution is 2.25. The van der Waals surface area contributed by atoms with Crippen molar-refractivity contribution in [2.75, 3.05) is 7.05 Å². The van der Waals surface area contributed by atoms with Gasteiger partial charge in [0.25, 0.3) is 5.91 Å². The summed E-state index contributed by atoms with van der Waals surface area (Å²) >= 11 is 0. The highest BCUT2D eigenvalue weighted by Gasteiger charge is 2.23. The molecule has 0 radical (unpaired) electrons. The Bertz CT molecular complexity index is 1130. The number of aryl methyl sites for hydroxylation is 1. The Morgan fingerprint density at radius 3 is 2.60 bits per heavy atom. The smallest absolute Gasteiger partial charge is 0.255 e. The van der Waals surface area contributed by atoms with Gasteiger partial charge in [-0.3, -0.25) is 4.79 Å². The molecule has 7 nitrogen and oxygen atoms in total. The van der Waals surface area contributed by atoms with Gasteiger partial charge in [-0.15, -0.1) is 0 Å². The maximum atomic E-state index is 13.3. The molecule has 0 aliphatic heterocycles. The molecule has 0 spiro atoms. The Labute approximate surface area is 175 Å². The summed E-state index contributed by atoms with van der Waals surface area (Å²) in [6.45, 7) is 6.64. The highest BCUT2D eigenvalue weighted by molar-refractivity contribution is 5.95. The Morgan fingerprint density at radius 1 is 1.20 bits per heavy atom. The average Bonchev–Trinajstić information content (AvgIpc) is 3.52. The van der Waals surface area contributed by atoms with E-state index in [9.17, 15) is 4.79 Å². The molecule has 0 fully saturated rings. The van der Waals surface area contributed by atoms with Gasteiger partial charge in [-0.05, 0) is 56.7 Å². The van der Waals surface area contributed by atoms with Gasteiger partial charge in [0.1, 0.15) is 18.4 Å². The molecule has 1 unspecified atom stereocenters. The summed E-state index contributed by atoms with van der Waals surface area (Å²) in [5.41, 5.74) is 4.67. The summed E-state index contributed by atoms with van der Waals surface area (Å²) < 4.78 is 9.28. The first-order valence-corrected chi connectivity index (χ1v) is 9.87. The van der Waals surface area contributed by atoms with Crippen LogP contribution in [0.2, 0.25) is 0 Å². The fourth-order valence-corrected chi connectivity index (χ4v) is 3.66. The number of hydrogen-bond acceptors (Lipinski definition) is 4. The molecular formula is C23H25N5O2. The van der Waals surface area contributed by atoms with Crippen LogP contribution in [0.5, 0.6) is 0 Å². The van der Waals surface area contributed by atoms with Gasteiger partial charge in [0.15, 0.2) is 0 Å². The number of hydrogen-bond donors (Lipinski definition) is 0. The van der Waals surface area contributed by atoms with E-state index in [1.165, 1.54) is 6.33 Å². The molecule has 3 heterocycles. The van der Waals surface area contributed by atoms with Crippen molar-refractivity contribution < 1.29 is 9.21 Å². The molecule has 1 atom stereocenters. The summed E-state index contributed by atoms with van der Waals surface area (Å²) in [5, 5.41) is 4.14. The van der Waals surface area contributed by atoms with Gasteiger partial charge in [-0.1, -0.05) is 12.1 Å². The van der Waals surface area contributed by atoms with Gasteiger partial charge in [-0.25, -0.2) is 9.67 Å². The molecule has 3 aromatic heterocycles. The number of aromatic nitrogens is 4. The molecule has 154 valence electrons. The summed E-state index contributed by atoms with van der Waals surface area (Å²) in [7, 11) is 1.84. The van der Waals surface area contributed by atoms with E-state index >= 15 is 0 Å². The van der Waals surface area contributed by atoms with Crippen LogP contribution in [0, 0.1) is 13.8 Å². The third kappa shape index (κ3) is 3.66. The maximum Gasteiger partial charge on any atom is 0.255 e. The topological polar surface area (TPSA) is 69.1 Å². The standard InChI is InChI=1S/C23H25N5O2/c1-16-12-22(18(3)27(16)13-21-6-5-11-30-21)23(29)26(4)17(2)19-7-9-20(10-8-19)28-15-24-14-25-28/h5-12,14-15,17H,13H2,1-4H3. The second-order valence-electron chi connectivity index (χ2n) is 7.47. The van der Waals surface area contributed by atoms with Crippen molar-refractivity contribution in [2.24, 2.45) is 0 Å². The lowest BCUT2D eigenvalue weighted by atomic mass is 10.1. The number of rotatable bonds is 6. The second kappa shape index (κ2) is 8.02. The van der Waals surface area contributed by atoms with E-state index < -0.39 is 0 Å². The minimum absolute atomic E-state index is 0.00153. The number of furan rings is 1. The van der Waals surface area contributed by atoms with Crippen molar-refractivity contribution in [1.29, 1.82) is 0 Å². The number of carbonyl (C=O) groups excluding carboxylic acids is 1. The fourth-order valence-electron chi connectivity index (χ4n) is 3.66. The van der Waals surface area contributed by atoms with Crippen molar-refractivity contribution in [3.8, 4) is 5.69 Å². The van der Waals surface area contributed by atoms with Crippen molar-refractivity contribution in [3.05, 3.63) is 89.7 Å². The zero-order valence-electron chi connectivity index (χ0n) is 17.6. The van der Waals surface area contributed by atoms with E-state index in [2.05, 4.69) is 14.6 Å². The quantitative estimate of drug-likeness (QED) is 0.485. The maximum absolute atomic E-state index is 13.3. The molecule has 1 aromatic carbocycles. The Kier molecular flexibility index (Phi) is 5.27. The minimum Gasteiger partial charge on any atom is -0.467 e. The summed E-state index contributed by atoms with van der Waals surface area (Å²) in [4.78, 5) is 19.0. The van der Waals surface area contributed by atoms with Gasteiger partial charge in [-0.2, -0.15) is 5.10 Å². The first kappa shape index (κ1) is 19.7. The highest BCUT2D eigenvalue weighted by atomic mass is 16.3. The Balaban J connectivity index is 1.53. The molecule has 0 saturated heterocycles. The van der Waals surface area contributed by atoms with Crippen LogP contribution < -0.4 is 0 Å². The van der Waals surface area contributed by atoms with E-state index in [0.29, 0.717) is 12.1 Å². The van der Waals surface area contributed by atoms with Crippen LogP contribution in [0.4, 0.5) is 0 Å². The van der Waals surface area contributed by atoms with E-state index in [1.54, 1.807) is 22.2 Å². The normalized spacial score (nSPS) is 12.1. The summed E-state index contributed by atoms with van der Waals surface area (Å²) in [6.07, 6.45) is 4.83. The lowest BCUT2D eigenvalue weighted by molar-refractivity contribution is 0.0741. The third-order valence-electron chi connectivity index (χ3n) is 5.66. The van der Waals surface area contributed by atoms with Crippen molar-refractivity contribution in [2.45, 2.75) is 33.4 Å². The Morgan fingerprint density at radius 2 is 1.97 bits per heavy atom. The van der Waals surface area contributed by atoms with Crippen molar-refractivity contribution >= 4 is 5.91 Å². The van der Waals surface area contributed by atoms with Crippen LogP contribution in [-0.4, -0.2) is 37.2 Å². The van der Waals surface area contributed by atoms with Gasteiger partial charge < -0.3 is 13.9 Å². The molecule has 30 heavy (non-hydrogen) atoms. The lowest BCUT2D eigenvalue weighted by Gasteiger charge is -2.25. The van der Waals surface area contributed by atoms with Gasteiger partial charge >= 0.3 is 0 Å². The molecule has 0 saturated carbocycles. The minimum atomic E-state index is -0.0737. The number of amides is 1. The molecule has 4 aromatic rings. The summed E-state index contributed by atoms with van der Waals surface area (Å²) in [5.74, 6) is 0.867. The average molecular weight is 403 g/mol. The van der Waals surface area contributed by atoms with Crippen molar-refractivity contribution in [3.63, 3.8) is 0 Å².